The third-order valence-electron chi connectivity index (χ3n) is 17.1. The minimum absolute atomic E-state index is 0.0165. The Balaban J connectivity index is 1.18. The zero-order chi connectivity index (χ0) is 50.3. The maximum absolute atomic E-state index is 14.7. The maximum atomic E-state index is 14.7. The number of fused-ring (bicyclic) bond motifs is 2. The summed E-state index contributed by atoms with van der Waals surface area (Å²) < 4.78 is 13.8. The van der Waals surface area contributed by atoms with Gasteiger partial charge in [-0.05, 0) is 107 Å². The average Bonchev–Trinajstić information content (AvgIpc) is 3.62. The molecule has 0 bridgehead atoms. The van der Waals surface area contributed by atoms with Gasteiger partial charge in [0, 0.05) is 52.4 Å². The number of hydrogen-bond acceptors (Lipinski definition) is 10. The second-order valence-electron chi connectivity index (χ2n) is 22.7. The van der Waals surface area contributed by atoms with Crippen LogP contribution in [0.4, 0.5) is 0 Å². The fourth-order valence-corrected chi connectivity index (χ4v) is 11.9. The molecule has 6 rings (SSSR count). The highest BCUT2D eigenvalue weighted by Crippen LogP contribution is 2.52. The fourth-order valence-electron chi connectivity index (χ4n) is 11.9. The normalized spacial score (nSPS) is 29.4. The van der Waals surface area contributed by atoms with Gasteiger partial charge in [0.2, 0.25) is 23.6 Å². The first kappa shape index (κ1) is 54.4. The molecule has 0 aliphatic carbocycles. The molecule has 10 atom stereocenters. The molecule has 4 aliphatic heterocycles. The Bertz CT molecular complexity index is 2020. The Kier molecular flexibility index (Phi) is 18.2. The number of nitrogens with two attached hydrogens (primary N) is 1. The van der Waals surface area contributed by atoms with Gasteiger partial charge in [-0.2, -0.15) is 0 Å². The number of likely N-dealkylation sites (tertiary alicyclic amines) is 4. The van der Waals surface area contributed by atoms with Crippen molar-refractivity contribution in [2.75, 3.05) is 72.6 Å². The van der Waals surface area contributed by atoms with Crippen LogP contribution in [0.5, 0.6) is 0 Å². The van der Waals surface area contributed by atoms with Crippen molar-refractivity contribution in [3.8, 4) is 0 Å². The lowest BCUT2D eigenvalue weighted by Gasteiger charge is -2.47. The van der Waals surface area contributed by atoms with Crippen LogP contribution in [-0.2, 0) is 41.5 Å². The minimum atomic E-state index is -0.711. The predicted molar refractivity (Wildman–Crippen MR) is 273 cm³/mol. The van der Waals surface area contributed by atoms with Crippen molar-refractivity contribution in [2.45, 2.75) is 155 Å². The Labute approximate surface area is 414 Å². The highest BCUT2D eigenvalue weighted by molar-refractivity contribution is 5.91. The molecule has 14 heteroatoms. The molecule has 0 aromatic heterocycles. The van der Waals surface area contributed by atoms with E-state index >= 15 is 0 Å². The summed E-state index contributed by atoms with van der Waals surface area (Å²) in [6.07, 6.45) is 4.86. The van der Waals surface area contributed by atoms with Crippen LogP contribution in [0.3, 0.4) is 0 Å². The van der Waals surface area contributed by atoms with Gasteiger partial charge in [-0.15, -0.1) is 0 Å². The van der Waals surface area contributed by atoms with Gasteiger partial charge in [0.1, 0.15) is 12.1 Å². The number of nitrogens with zero attached hydrogens (tertiary/aromatic N) is 4. The first-order valence-electron chi connectivity index (χ1n) is 26.1. The van der Waals surface area contributed by atoms with Crippen LogP contribution in [0, 0.1) is 22.7 Å². The minimum Gasteiger partial charge on any atom is -0.374 e. The molecule has 4 saturated heterocycles. The van der Waals surface area contributed by atoms with Crippen molar-refractivity contribution in [1.82, 2.24) is 35.6 Å². The van der Waals surface area contributed by atoms with E-state index in [1.165, 1.54) is 11.1 Å². The fraction of sp³-hybridized carbons (Fsp3) is 0.709. The summed E-state index contributed by atoms with van der Waals surface area (Å²) in [5.41, 5.74) is 7.03. The van der Waals surface area contributed by atoms with Gasteiger partial charge in [0.15, 0.2) is 0 Å². The second-order valence-corrected chi connectivity index (χ2v) is 22.7. The van der Waals surface area contributed by atoms with Crippen molar-refractivity contribution in [3.63, 3.8) is 0 Å². The molecule has 384 valence electrons. The Hall–Kier alpha value is -3.92. The molecule has 0 unspecified atom stereocenters. The summed E-state index contributed by atoms with van der Waals surface area (Å²) in [5.74, 6) is -0.746. The van der Waals surface area contributed by atoms with Crippen molar-refractivity contribution in [2.24, 2.45) is 28.4 Å². The molecule has 2 aromatic carbocycles. The number of likely N-dealkylation sites (N-methyl/N-ethyl adjacent to an activating group) is 1. The molecule has 2 aromatic rings. The standard InChI is InChI=1S/C55H88N8O6/c1-38(2)46(58-48(64)40(5)56)50(66)62-28-24-52(7)32-44(34-60(36-54(52,62)9)26-22-42-18-14-12-15-19-42)68-30-31-69-45-33-53(8)25-29-63(51(67)47(39(3)4)59-49(65)41(6)57-11)55(53,10)37-61(35-45)27-23-43-20-16-13-17-21-43/h12-21,38-41,44-47,57H,22-37,56H2,1-11H3,(H,58,64)(H,59,65)/t40-,41-,44+,45+,46-,47-,52-,53-,54+,55+/m0/s1. The first-order chi connectivity index (χ1) is 32.6. The molecule has 4 fully saturated rings. The lowest BCUT2D eigenvalue weighted by Crippen LogP contribution is -2.62. The van der Waals surface area contributed by atoms with Gasteiger partial charge in [-0.1, -0.05) is 102 Å². The monoisotopic (exact) mass is 957 g/mol. The average molecular weight is 957 g/mol. The summed E-state index contributed by atoms with van der Waals surface area (Å²) in [4.78, 5) is 64.4. The second kappa shape index (κ2) is 23.1. The van der Waals surface area contributed by atoms with E-state index in [2.05, 4.69) is 112 Å². The largest absolute Gasteiger partial charge is 0.374 e. The summed E-state index contributed by atoms with van der Waals surface area (Å²) in [7, 11) is 1.75. The van der Waals surface area contributed by atoms with Crippen molar-refractivity contribution >= 4 is 23.6 Å². The van der Waals surface area contributed by atoms with Crippen LogP contribution in [0.1, 0.15) is 106 Å². The van der Waals surface area contributed by atoms with Crippen molar-refractivity contribution in [1.29, 1.82) is 0 Å². The molecule has 14 nitrogen and oxygen atoms in total. The van der Waals surface area contributed by atoms with E-state index in [-0.39, 0.29) is 58.5 Å². The van der Waals surface area contributed by atoms with Crippen LogP contribution in [-0.4, -0.2) is 163 Å². The topological polar surface area (TPSA) is 162 Å². The van der Waals surface area contributed by atoms with E-state index in [0.717, 1.165) is 64.7 Å². The maximum Gasteiger partial charge on any atom is 0.245 e. The zero-order valence-electron chi connectivity index (χ0n) is 44.0. The van der Waals surface area contributed by atoms with Crippen molar-refractivity contribution in [3.05, 3.63) is 71.8 Å². The van der Waals surface area contributed by atoms with Crippen LogP contribution >= 0.6 is 0 Å². The summed E-state index contributed by atoms with van der Waals surface area (Å²) in [5, 5.41) is 9.09. The van der Waals surface area contributed by atoms with E-state index in [0.29, 0.717) is 39.4 Å². The Morgan fingerprint density at radius 2 is 1.03 bits per heavy atom. The molecular formula is C55H88N8O6. The number of hydrogen-bond donors (Lipinski definition) is 4. The van der Waals surface area contributed by atoms with Crippen molar-refractivity contribution < 1.29 is 28.7 Å². The van der Waals surface area contributed by atoms with Gasteiger partial charge < -0.3 is 41.0 Å². The summed E-state index contributed by atoms with van der Waals surface area (Å²) in [6.45, 7) is 27.2. The lowest BCUT2D eigenvalue weighted by molar-refractivity contribution is -0.144. The zero-order valence-corrected chi connectivity index (χ0v) is 44.0. The number of nitrogens with one attached hydrogen (secondary N) is 3. The predicted octanol–water partition coefficient (Wildman–Crippen LogP) is 4.88. The number of rotatable bonds is 20. The van der Waals surface area contributed by atoms with E-state index in [1.807, 2.05) is 46.8 Å². The molecular weight excluding hydrogens is 869 g/mol. The van der Waals surface area contributed by atoms with Gasteiger partial charge in [0.25, 0.3) is 0 Å². The van der Waals surface area contributed by atoms with Crippen LogP contribution in [0.2, 0.25) is 0 Å². The number of benzene rings is 2. The quantitative estimate of drug-likeness (QED) is 0.135. The molecule has 0 spiro atoms. The third kappa shape index (κ3) is 12.4. The molecule has 0 saturated carbocycles. The van der Waals surface area contributed by atoms with Gasteiger partial charge in [0.05, 0.1) is 48.6 Å². The molecule has 4 aliphatic rings. The van der Waals surface area contributed by atoms with Crippen LogP contribution in [0.25, 0.3) is 0 Å². The van der Waals surface area contributed by atoms with E-state index in [9.17, 15) is 19.2 Å². The SMILES string of the molecule is CN[C@@H](C)C(=O)N[C@H](C(=O)N1CC[C@@]2(C)C[C@@H](OCCO[C@H]3CN(CCc4ccccc4)C[C@@]4(C)N(C(=O)[C@@H](NC(=O)[C@H](C)N)C(C)C)CC[C@@]4(C)C3)CN(CCc3ccccc3)C[C@@]12C)C(C)C. The van der Waals surface area contributed by atoms with Gasteiger partial charge >= 0.3 is 0 Å². The highest BCUT2D eigenvalue weighted by Gasteiger charge is 2.60. The molecule has 4 heterocycles. The van der Waals surface area contributed by atoms with E-state index < -0.39 is 35.2 Å². The van der Waals surface area contributed by atoms with Gasteiger partial charge in [-0.25, -0.2) is 0 Å². The Morgan fingerprint density at radius 3 is 1.39 bits per heavy atom. The van der Waals surface area contributed by atoms with E-state index in [1.54, 1.807) is 14.0 Å². The third-order valence-corrected chi connectivity index (χ3v) is 17.1. The Morgan fingerprint density at radius 1 is 0.638 bits per heavy atom. The number of amides is 4. The number of ether oxygens (including phenoxy) is 2. The summed E-state index contributed by atoms with van der Waals surface area (Å²) in [6, 6.07) is 18.7. The smallest absolute Gasteiger partial charge is 0.245 e. The van der Waals surface area contributed by atoms with Crippen LogP contribution in [0.15, 0.2) is 60.7 Å². The highest BCUT2D eigenvalue weighted by atomic mass is 16.5. The molecule has 69 heavy (non-hydrogen) atoms. The number of carbonyl (C=O) groups excluding carboxylic acids is 4. The molecule has 4 amide bonds. The number of carbonyl (C=O) groups is 4. The molecule has 0 radical (unpaired) electrons. The molecule has 5 N–H and O–H groups in total. The van der Waals surface area contributed by atoms with E-state index in [4.69, 9.17) is 15.2 Å². The summed E-state index contributed by atoms with van der Waals surface area (Å²) >= 11 is 0. The first-order valence-corrected chi connectivity index (χ1v) is 26.1. The lowest BCUT2D eigenvalue weighted by atomic mass is 9.69. The van der Waals surface area contributed by atoms with Gasteiger partial charge in [-0.3, -0.25) is 29.0 Å². The van der Waals surface area contributed by atoms with Crippen LogP contribution < -0.4 is 21.7 Å².